The molecule has 2 atom stereocenters. The molecule has 0 radical (unpaired) electrons. The second-order valence-electron chi connectivity index (χ2n) is 10.8. The summed E-state index contributed by atoms with van der Waals surface area (Å²) in [5, 5.41) is 10.9. The molecule has 1 aliphatic heterocycles. The molecular weight excluding hydrogens is 538 g/mol. The second kappa shape index (κ2) is 11.4. The minimum atomic E-state index is -0.282. The van der Waals surface area contributed by atoms with E-state index in [1.807, 2.05) is 44.2 Å². The SMILES string of the molecule is COc1ccc(CN2CCOc3c(Nc4cccn(C(C)C)c4=O)nc4c(C(=O)NC5CC[C@H]5OC)cnn4c32)cc1. The number of ether oxygens (including phenoxy) is 3. The molecule has 12 nitrogen and oxygen atoms in total. The maximum Gasteiger partial charge on any atom is 0.274 e. The molecule has 1 fully saturated rings. The topological polar surface area (TPSA) is 124 Å². The van der Waals surface area contributed by atoms with Crippen LogP contribution in [-0.4, -0.2) is 64.6 Å². The molecule has 1 aliphatic carbocycles. The lowest BCUT2D eigenvalue weighted by Crippen LogP contribution is -2.51. The summed E-state index contributed by atoms with van der Waals surface area (Å²) in [6.45, 7) is 5.45. The van der Waals surface area contributed by atoms with Crippen LogP contribution in [0.4, 0.5) is 17.3 Å². The quantitative estimate of drug-likeness (QED) is 0.309. The molecule has 1 saturated carbocycles. The van der Waals surface area contributed by atoms with Crippen LogP contribution in [0, 0.1) is 0 Å². The predicted molar refractivity (Wildman–Crippen MR) is 158 cm³/mol. The third kappa shape index (κ3) is 5.02. The molecule has 1 amide bonds. The van der Waals surface area contributed by atoms with Crippen molar-refractivity contribution in [3.8, 4) is 11.5 Å². The summed E-state index contributed by atoms with van der Waals surface area (Å²) in [5.74, 6) is 1.93. The van der Waals surface area contributed by atoms with Crippen LogP contribution in [0.2, 0.25) is 0 Å². The number of rotatable bonds is 9. The van der Waals surface area contributed by atoms with Crippen LogP contribution in [0.1, 0.15) is 48.7 Å². The number of benzene rings is 1. The van der Waals surface area contributed by atoms with Crippen molar-refractivity contribution < 1.29 is 19.0 Å². The predicted octanol–water partition coefficient (Wildman–Crippen LogP) is 3.53. The molecule has 12 heteroatoms. The number of hydrogen-bond acceptors (Lipinski definition) is 9. The van der Waals surface area contributed by atoms with E-state index in [9.17, 15) is 9.59 Å². The molecule has 4 heterocycles. The van der Waals surface area contributed by atoms with Gasteiger partial charge in [-0.15, -0.1) is 0 Å². The summed E-state index contributed by atoms with van der Waals surface area (Å²) in [4.78, 5) is 33.7. The smallest absolute Gasteiger partial charge is 0.274 e. The average Bonchev–Trinajstić information content (AvgIpc) is 3.41. The lowest BCUT2D eigenvalue weighted by Gasteiger charge is -2.35. The number of carbonyl (C=O) groups excluding carboxylic acids is 1. The first-order valence-corrected chi connectivity index (χ1v) is 14.1. The number of pyridine rings is 1. The molecule has 2 aliphatic rings. The van der Waals surface area contributed by atoms with Gasteiger partial charge in [0.05, 0.1) is 32.0 Å². The Kier molecular flexibility index (Phi) is 7.46. The fraction of sp³-hybridized carbons (Fsp3) is 0.400. The molecule has 6 rings (SSSR count). The molecule has 2 N–H and O–H groups in total. The number of nitrogens with one attached hydrogen (secondary N) is 2. The Morgan fingerprint density at radius 1 is 1.17 bits per heavy atom. The fourth-order valence-electron chi connectivity index (χ4n) is 5.39. The van der Waals surface area contributed by atoms with Gasteiger partial charge in [-0.1, -0.05) is 12.1 Å². The Bertz CT molecular complexity index is 1660. The summed E-state index contributed by atoms with van der Waals surface area (Å²) in [6.07, 6.45) is 5.02. The molecule has 4 aromatic rings. The summed E-state index contributed by atoms with van der Waals surface area (Å²) in [7, 11) is 3.29. The Hall–Kier alpha value is -4.58. The molecule has 1 aromatic carbocycles. The molecule has 0 saturated heterocycles. The van der Waals surface area contributed by atoms with Crippen LogP contribution in [0.15, 0.2) is 53.6 Å². The maximum absolute atomic E-state index is 13.4. The number of fused-ring (bicyclic) bond motifs is 3. The van der Waals surface area contributed by atoms with Gasteiger partial charge >= 0.3 is 0 Å². The lowest BCUT2D eigenvalue weighted by atomic mass is 9.89. The van der Waals surface area contributed by atoms with Gasteiger partial charge < -0.3 is 34.3 Å². The van der Waals surface area contributed by atoms with Gasteiger partial charge in [-0.25, -0.2) is 4.98 Å². The van der Waals surface area contributed by atoms with E-state index < -0.39 is 0 Å². The largest absolute Gasteiger partial charge is 0.497 e. The number of anilines is 3. The Balaban J connectivity index is 1.44. The minimum absolute atomic E-state index is 0.0108. The second-order valence-corrected chi connectivity index (χ2v) is 10.8. The summed E-state index contributed by atoms with van der Waals surface area (Å²) < 4.78 is 20.2. The average molecular weight is 574 g/mol. The molecule has 0 bridgehead atoms. The zero-order chi connectivity index (χ0) is 29.4. The number of aromatic nitrogens is 4. The van der Waals surface area contributed by atoms with E-state index in [0.29, 0.717) is 54.0 Å². The van der Waals surface area contributed by atoms with Crippen molar-refractivity contribution in [1.82, 2.24) is 24.5 Å². The van der Waals surface area contributed by atoms with Gasteiger partial charge in [0.15, 0.2) is 17.3 Å². The zero-order valence-corrected chi connectivity index (χ0v) is 24.2. The van der Waals surface area contributed by atoms with Crippen LogP contribution in [-0.2, 0) is 11.3 Å². The van der Waals surface area contributed by atoms with Gasteiger partial charge in [-0.05, 0) is 56.5 Å². The molecule has 1 unspecified atom stereocenters. The van der Waals surface area contributed by atoms with Gasteiger partial charge in [-0.2, -0.15) is 9.61 Å². The molecule has 3 aromatic heterocycles. The van der Waals surface area contributed by atoms with Crippen molar-refractivity contribution in [1.29, 1.82) is 0 Å². The van der Waals surface area contributed by atoms with Gasteiger partial charge in [0.2, 0.25) is 5.75 Å². The van der Waals surface area contributed by atoms with E-state index in [1.54, 1.807) is 35.6 Å². The first kappa shape index (κ1) is 27.6. The van der Waals surface area contributed by atoms with Crippen LogP contribution < -0.4 is 30.6 Å². The van der Waals surface area contributed by atoms with E-state index in [4.69, 9.17) is 19.2 Å². The van der Waals surface area contributed by atoms with Gasteiger partial charge in [0.25, 0.3) is 11.5 Å². The van der Waals surface area contributed by atoms with Crippen molar-refractivity contribution in [2.45, 2.75) is 51.4 Å². The highest BCUT2D eigenvalue weighted by Crippen LogP contribution is 2.40. The van der Waals surface area contributed by atoms with E-state index in [1.165, 1.54) is 6.20 Å². The van der Waals surface area contributed by atoms with Gasteiger partial charge in [-0.3, -0.25) is 9.59 Å². The number of nitrogens with zero attached hydrogens (tertiary/aromatic N) is 5. The Labute approximate surface area is 243 Å². The highest BCUT2D eigenvalue weighted by molar-refractivity contribution is 6.00. The van der Waals surface area contributed by atoms with Gasteiger partial charge in [0, 0.05) is 25.9 Å². The van der Waals surface area contributed by atoms with E-state index >= 15 is 0 Å². The van der Waals surface area contributed by atoms with Crippen molar-refractivity contribution >= 4 is 28.9 Å². The van der Waals surface area contributed by atoms with Crippen molar-refractivity contribution in [3.63, 3.8) is 0 Å². The third-order valence-electron chi connectivity index (χ3n) is 7.88. The Morgan fingerprint density at radius 2 is 1.98 bits per heavy atom. The molecule has 0 spiro atoms. The summed E-state index contributed by atoms with van der Waals surface area (Å²) in [5.41, 5.74) is 1.91. The monoisotopic (exact) mass is 573 g/mol. The minimum Gasteiger partial charge on any atom is -0.497 e. The fourth-order valence-corrected chi connectivity index (χ4v) is 5.39. The first-order valence-electron chi connectivity index (χ1n) is 14.1. The maximum atomic E-state index is 13.4. The first-order chi connectivity index (χ1) is 20.4. The highest BCUT2D eigenvalue weighted by Gasteiger charge is 2.34. The number of methoxy groups -OCH3 is 2. The molecule has 220 valence electrons. The summed E-state index contributed by atoms with van der Waals surface area (Å²) in [6, 6.07) is 11.3. The number of carbonyl (C=O) groups is 1. The standard InChI is InChI=1S/C30H35N7O5/c1-18(2)36-13-5-6-23(30(36)39)32-26-25-29(35(14-15-42-25)17-19-7-9-20(40-3)10-8-19)37-27(34-26)21(16-31-37)28(38)33-22-11-12-24(22)41-4/h5-10,13,16,18,22,24H,11-12,14-15,17H2,1-4H3,(H,32,34)(H,33,38)/t22?,24-/m1/s1. The van der Waals surface area contributed by atoms with Crippen LogP contribution in [0.25, 0.3) is 5.65 Å². The number of amides is 1. The van der Waals surface area contributed by atoms with Crippen molar-refractivity contribution in [2.75, 3.05) is 37.6 Å². The lowest BCUT2D eigenvalue weighted by molar-refractivity contribution is 0.00732. The third-order valence-corrected chi connectivity index (χ3v) is 7.88. The van der Waals surface area contributed by atoms with E-state index in [2.05, 4.69) is 20.6 Å². The van der Waals surface area contributed by atoms with Crippen molar-refractivity contribution in [3.05, 3.63) is 70.3 Å². The molecule has 42 heavy (non-hydrogen) atoms. The van der Waals surface area contributed by atoms with Gasteiger partial charge in [0.1, 0.15) is 23.6 Å². The van der Waals surface area contributed by atoms with E-state index in [-0.39, 0.29) is 29.7 Å². The summed E-state index contributed by atoms with van der Waals surface area (Å²) >= 11 is 0. The normalized spacial score (nSPS) is 17.9. The van der Waals surface area contributed by atoms with Crippen molar-refractivity contribution in [2.24, 2.45) is 0 Å². The van der Waals surface area contributed by atoms with E-state index in [0.717, 1.165) is 24.2 Å². The van der Waals surface area contributed by atoms with Crippen LogP contribution in [0.3, 0.4) is 0 Å². The molecular formula is C30H35N7O5. The zero-order valence-electron chi connectivity index (χ0n) is 24.2. The Morgan fingerprint density at radius 3 is 2.67 bits per heavy atom. The number of hydrogen-bond donors (Lipinski definition) is 2. The van der Waals surface area contributed by atoms with Crippen LogP contribution >= 0.6 is 0 Å². The highest BCUT2D eigenvalue weighted by atomic mass is 16.5. The van der Waals surface area contributed by atoms with Crippen LogP contribution in [0.5, 0.6) is 11.5 Å².